The van der Waals surface area contributed by atoms with E-state index in [1.54, 1.807) is 4.90 Å². The van der Waals surface area contributed by atoms with Gasteiger partial charge in [-0.25, -0.2) is 0 Å². The molecule has 1 rings (SSSR count). The summed E-state index contributed by atoms with van der Waals surface area (Å²) in [7, 11) is 1.84. The van der Waals surface area contributed by atoms with E-state index < -0.39 is 0 Å². The lowest BCUT2D eigenvalue weighted by atomic mass is 10.1. The van der Waals surface area contributed by atoms with Crippen LogP contribution >= 0.6 is 0 Å². The Morgan fingerprint density at radius 1 is 1.54 bits per heavy atom. The van der Waals surface area contributed by atoms with Gasteiger partial charge in [-0.3, -0.25) is 4.79 Å². The van der Waals surface area contributed by atoms with E-state index in [0.29, 0.717) is 12.5 Å². The van der Waals surface area contributed by atoms with Crippen molar-refractivity contribution >= 4 is 5.91 Å². The van der Waals surface area contributed by atoms with Crippen LogP contribution in [0.1, 0.15) is 26.7 Å². The summed E-state index contributed by atoms with van der Waals surface area (Å²) in [5.74, 6) is 1.09. The summed E-state index contributed by atoms with van der Waals surface area (Å²) in [6.07, 6.45) is 2.44. The van der Waals surface area contributed by atoms with Gasteiger partial charge in [-0.15, -0.1) is 0 Å². The number of carbonyl (C=O) groups is 1. The molecule has 0 aromatic carbocycles. The van der Waals surface area contributed by atoms with E-state index in [1.165, 1.54) is 12.8 Å². The minimum Gasteiger partial charge on any atom is -0.344 e. The molecule has 2 atom stereocenters. The third-order valence-electron chi connectivity index (χ3n) is 2.66. The Hall–Kier alpha value is -0.570. The van der Waals surface area contributed by atoms with Crippen molar-refractivity contribution in [1.82, 2.24) is 4.90 Å². The molecule has 2 N–H and O–H groups in total. The molecule has 1 aliphatic rings. The maximum Gasteiger partial charge on any atom is 0.225 e. The molecule has 13 heavy (non-hydrogen) atoms. The molecule has 1 saturated carbocycles. The van der Waals surface area contributed by atoms with E-state index in [1.807, 2.05) is 20.9 Å². The molecule has 3 heteroatoms. The van der Waals surface area contributed by atoms with E-state index >= 15 is 0 Å². The maximum atomic E-state index is 11.7. The molecule has 2 unspecified atom stereocenters. The number of nitrogens with two attached hydrogens (primary N) is 1. The first kappa shape index (κ1) is 10.5. The lowest BCUT2D eigenvalue weighted by Crippen LogP contribution is -2.39. The topological polar surface area (TPSA) is 46.3 Å². The Kier molecular flexibility index (Phi) is 3.31. The van der Waals surface area contributed by atoms with E-state index in [0.717, 1.165) is 0 Å². The fraction of sp³-hybridized carbons (Fsp3) is 0.900. The van der Waals surface area contributed by atoms with Crippen LogP contribution in [0.25, 0.3) is 0 Å². The molecule has 76 valence electrons. The fourth-order valence-corrected chi connectivity index (χ4v) is 1.67. The van der Waals surface area contributed by atoms with Crippen LogP contribution in [-0.2, 0) is 4.79 Å². The molecule has 0 radical (unpaired) electrons. The molecular weight excluding hydrogens is 164 g/mol. The zero-order valence-corrected chi connectivity index (χ0v) is 8.79. The van der Waals surface area contributed by atoms with Crippen LogP contribution in [0.5, 0.6) is 0 Å². The number of amides is 1. The molecule has 3 nitrogen and oxygen atoms in total. The van der Waals surface area contributed by atoms with Crippen LogP contribution in [0.15, 0.2) is 0 Å². The van der Waals surface area contributed by atoms with Gasteiger partial charge in [0.05, 0.1) is 0 Å². The number of hydrogen-bond acceptors (Lipinski definition) is 2. The number of hydrogen-bond donors (Lipinski definition) is 1. The average Bonchev–Trinajstić information content (AvgIpc) is 2.82. The molecule has 0 bridgehead atoms. The molecule has 1 fully saturated rings. The van der Waals surface area contributed by atoms with Gasteiger partial charge in [-0.05, 0) is 25.7 Å². The highest BCUT2D eigenvalue weighted by Gasteiger charge is 2.33. The molecule has 0 aromatic heterocycles. The van der Waals surface area contributed by atoms with Crippen LogP contribution in [0.3, 0.4) is 0 Å². The average molecular weight is 184 g/mol. The van der Waals surface area contributed by atoms with Gasteiger partial charge in [0, 0.05) is 25.6 Å². The van der Waals surface area contributed by atoms with Gasteiger partial charge in [0.25, 0.3) is 0 Å². The molecule has 0 heterocycles. The Balaban J connectivity index is 2.36. The summed E-state index contributed by atoms with van der Waals surface area (Å²) in [5, 5.41) is 0. The van der Waals surface area contributed by atoms with Gasteiger partial charge >= 0.3 is 0 Å². The Bertz CT molecular complexity index is 187. The number of carbonyl (C=O) groups excluding carboxylic acids is 1. The normalized spacial score (nSPS) is 20.9. The first-order valence-corrected chi connectivity index (χ1v) is 5.03. The smallest absolute Gasteiger partial charge is 0.225 e. The molecule has 1 aliphatic carbocycles. The van der Waals surface area contributed by atoms with Crippen molar-refractivity contribution in [2.75, 3.05) is 13.6 Å². The van der Waals surface area contributed by atoms with Gasteiger partial charge in [0.1, 0.15) is 0 Å². The molecule has 0 aromatic rings. The second kappa shape index (κ2) is 4.09. The Morgan fingerprint density at radius 3 is 2.46 bits per heavy atom. The van der Waals surface area contributed by atoms with Crippen molar-refractivity contribution in [2.45, 2.75) is 32.7 Å². The third-order valence-corrected chi connectivity index (χ3v) is 2.66. The van der Waals surface area contributed by atoms with Crippen LogP contribution < -0.4 is 5.73 Å². The summed E-state index contributed by atoms with van der Waals surface area (Å²) < 4.78 is 0. The molecule has 0 spiro atoms. The summed E-state index contributed by atoms with van der Waals surface area (Å²) >= 11 is 0. The summed E-state index contributed by atoms with van der Waals surface area (Å²) in [5.41, 5.74) is 5.63. The summed E-state index contributed by atoms with van der Waals surface area (Å²) in [6, 6.07) is 0.0698. The van der Waals surface area contributed by atoms with E-state index in [4.69, 9.17) is 5.73 Å². The lowest BCUT2D eigenvalue weighted by Gasteiger charge is -2.22. The van der Waals surface area contributed by atoms with Gasteiger partial charge in [0.15, 0.2) is 0 Å². The van der Waals surface area contributed by atoms with Crippen LogP contribution in [0.4, 0.5) is 0 Å². The Labute approximate surface area is 80.3 Å². The van der Waals surface area contributed by atoms with Crippen molar-refractivity contribution in [3.8, 4) is 0 Å². The molecular formula is C10H20N2O. The fourth-order valence-electron chi connectivity index (χ4n) is 1.67. The zero-order valence-electron chi connectivity index (χ0n) is 8.79. The predicted molar refractivity (Wildman–Crippen MR) is 53.2 cm³/mol. The largest absolute Gasteiger partial charge is 0.344 e. The number of likely N-dealkylation sites (N-methyl/N-ethyl adjacent to an activating group) is 1. The predicted octanol–water partition coefficient (Wildman–Crippen LogP) is 0.838. The zero-order chi connectivity index (χ0) is 10.0. The quantitative estimate of drug-likeness (QED) is 0.703. The van der Waals surface area contributed by atoms with Crippen molar-refractivity contribution in [3.63, 3.8) is 0 Å². The first-order valence-electron chi connectivity index (χ1n) is 5.03. The van der Waals surface area contributed by atoms with Gasteiger partial charge in [-0.2, -0.15) is 0 Å². The SMILES string of the molecule is CC(N)CN(C)C(=O)C(C)C1CC1. The van der Waals surface area contributed by atoms with E-state index in [-0.39, 0.29) is 17.9 Å². The van der Waals surface area contributed by atoms with Crippen molar-refractivity contribution < 1.29 is 4.79 Å². The highest BCUT2D eigenvalue weighted by Crippen LogP contribution is 2.37. The minimum absolute atomic E-state index is 0.0698. The standard InChI is InChI=1S/C10H20N2O/c1-7(11)6-12(3)10(13)8(2)9-4-5-9/h7-9H,4-6,11H2,1-3H3. The van der Waals surface area contributed by atoms with E-state index in [9.17, 15) is 4.79 Å². The van der Waals surface area contributed by atoms with Crippen LogP contribution in [-0.4, -0.2) is 30.4 Å². The van der Waals surface area contributed by atoms with Crippen LogP contribution in [0.2, 0.25) is 0 Å². The minimum atomic E-state index is 0.0698. The second-order valence-electron chi connectivity index (χ2n) is 4.32. The van der Waals surface area contributed by atoms with Crippen molar-refractivity contribution in [1.29, 1.82) is 0 Å². The summed E-state index contributed by atoms with van der Waals surface area (Å²) in [6.45, 7) is 4.61. The van der Waals surface area contributed by atoms with E-state index in [2.05, 4.69) is 0 Å². The van der Waals surface area contributed by atoms with Gasteiger partial charge in [0.2, 0.25) is 5.91 Å². The second-order valence-corrected chi connectivity index (χ2v) is 4.32. The lowest BCUT2D eigenvalue weighted by molar-refractivity contribution is -0.134. The molecule has 1 amide bonds. The monoisotopic (exact) mass is 184 g/mol. The molecule has 0 saturated heterocycles. The van der Waals surface area contributed by atoms with Crippen molar-refractivity contribution in [3.05, 3.63) is 0 Å². The summed E-state index contributed by atoms with van der Waals surface area (Å²) in [4.78, 5) is 13.5. The highest BCUT2D eigenvalue weighted by molar-refractivity contribution is 5.78. The van der Waals surface area contributed by atoms with Crippen molar-refractivity contribution in [2.24, 2.45) is 17.6 Å². The maximum absolute atomic E-state index is 11.7. The van der Waals surface area contributed by atoms with Gasteiger partial charge < -0.3 is 10.6 Å². The number of rotatable bonds is 4. The Morgan fingerprint density at radius 2 is 2.08 bits per heavy atom. The third kappa shape index (κ3) is 2.99. The number of nitrogens with zero attached hydrogens (tertiary/aromatic N) is 1. The van der Waals surface area contributed by atoms with Gasteiger partial charge in [-0.1, -0.05) is 6.92 Å². The highest BCUT2D eigenvalue weighted by atomic mass is 16.2. The molecule has 0 aliphatic heterocycles. The van der Waals surface area contributed by atoms with Crippen LogP contribution in [0, 0.1) is 11.8 Å². The first-order chi connectivity index (χ1) is 6.02.